The quantitative estimate of drug-likeness (QED) is 0.543. The van der Waals surface area contributed by atoms with Gasteiger partial charge in [0.05, 0.1) is 33.3 Å². The zero-order valence-electron chi connectivity index (χ0n) is 12.4. The van der Waals surface area contributed by atoms with Crippen molar-refractivity contribution in [3.63, 3.8) is 0 Å². The van der Waals surface area contributed by atoms with Gasteiger partial charge in [-0.05, 0) is 36.4 Å². The normalized spacial score (nSPS) is 15.2. The molecule has 0 fully saturated rings. The summed E-state index contributed by atoms with van der Waals surface area (Å²) in [7, 11) is 0. The molecule has 118 valence electrons. The number of hydrogen-bond donors (Lipinski definition) is 0. The summed E-state index contributed by atoms with van der Waals surface area (Å²) in [6.07, 6.45) is 3.30. The Hall–Kier alpha value is -2.49. The monoisotopic (exact) mass is 355 g/mol. The van der Waals surface area contributed by atoms with Crippen LogP contribution in [-0.2, 0) is 4.79 Å². The second-order valence-electron chi connectivity index (χ2n) is 5.30. The van der Waals surface area contributed by atoms with E-state index in [1.807, 2.05) is 24.3 Å². The molecule has 1 aromatic heterocycles. The molecular weight excluding hydrogens is 345 g/mol. The Morgan fingerprint density at radius 2 is 1.67 bits per heavy atom. The molecule has 0 bridgehead atoms. The fraction of sp³-hybridized carbons (Fsp3) is 0. The third-order valence-corrected chi connectivity index (χ3v) is 4.47. The van der Waals surface area contributed by atoms with Crippen LogP contribution in [0.2, 0.25) is 10.0 Å². The Balaban J connectivity index is 1.93. The minimum Gasteiger partial charge on any atom is -0.465 e. The van der Waals surface area contributed by atoms with Gasteiger partial charge in [-0.3, -0.25) is 9.69 Å². The summed E-state index contributed by atoms with van der Waals surface area (Å²) in [5.41, 5.74) is 2.59. The Kier molecular flexibility index (Phi) is 3.68. The van der Waals surface area contributed by atoms with Crippen molar-refractivity contribution in [3.05, 3.63) is 82.2 Å². The Labute approximate surface area is 148 Å². The van der Waals surface area contributed by atoms with Gasteiger partial charge in [0.25, 0.3) is 5.91 Å². The smallest absolute Gasteiger partial charge is 0.263 e. The van der Waals surface area contributed by atoms with Crippen molar-refractivity contribution >= 4 is 52.1 Å². The maximum atomic E-state index is 13.1. The number of hydrogen-bond acceptors (Lipinski definition) is 2. The molecule has 3 nitrogen and oxygen atoms in total. The lowest BCUT2D eigenvalue weighted by Gasteiger charge is -2.19. The molecule has 0 aliphatic carbocycles. The van der Waals surface area contributed by atoms with Crippen molar-refractivity contribution in [1.82, 2.24) is 0 Å². The summed E-state index contributed by atoms with van der Waals surface area (Å²) in [4.78, 5) is 14.6. The van der Waals surface area contributed by atoms with Crippen LogP contribution in [0, 0.1) is 0 Å². The van der Waals surface area contributed by atoms with E-state index in [0.717, 1.165) is 11.3 Å². The molecule has 1 amide bonds. The summed E-state index contributed by atoms with van der Waals surface area (Å²) >= 11 is 12.6. The van der Waals surface area contributed by atoms with Crippen LogP contribution in [0.4, 0.5) is 11.4 Å². The van der Waals surface area contributed by atoms with E-state index in [-0.39, 0.29) is 5.91 Å². The molecule has 0 atom stereocenters. The first-order chi connectivity index (χ1) is 11.7. The molecule has 24 heavy (non-hydrogen) atoms. The van der Waals surface area contributed by atoms with Gasteiger partial charge in [-0.2, -0.15) is 0 Å². The van der Waals surface area contributed by atoms with Crippen LogP contribution in [0.15, 0.2) is 65.3 Å². The molecule has 3 aromatic rings. The van der Waals surface area contributed by atoms with Crippen LogP contribution in [0.5, 0.6) is 0 Å². The molecular formula is C19H11Cl2NO2. The van der Waals surface area contributed by atoms with E-state index in [2.05, 4.69) is 0 Å². The summed E-state index contributed by atoms with van der Waals surface area (Å²) in [5, 5.41) is 0.842. The summed E-state index contributed by atoms with van der Waals surface area (Å²) < 4.78 is 5.35. The molecule has 2 heterocycles. The first-order valence-electron chi connectivity index (χ1n) is 7.30. The average molecular weight is 356 g/mol. The van der Waals surface area contributed by atoms with Crippen LogP contribution in [0.3, 0.4) is 0 Å². The highest BCUT2D eigenvalue weighted by Crippen LogP contribution is 2.46. The zero-order valence-corrected chi connectivity index (χ0v) is 13.9. The molecule has 0 N–H and O–H groups in total. The number of amides is 1. The van der Waals surface area contributed by atoms with E-state index in [0.29, 0.717) is 27.1 Å². The molecule has 0 saturated carbocycles. The van der Waals surface area contributed by atoms with Gasteiger partial charge in [0.15, 0.2) is 0 Å². The van der Waals surface area contributed by atoms with Gasteiger partial charge in [-0.25, -0.2) is 0 Å². The second kappa shape index (κ2) is 5.86. The largest absolute Gasteiger partial charge is 0.465 e. The van der Waals surface area contributed by atoms with E-state index < -0.39 is 0 Å². The van der Waals surface area contributed by atoms with E-state index in [9.17, 15) is 4.79 Å². The van der Waals surface area contributed by atoms with E-state index in [1.54, 1.807) is 47.6 Å². The summed E-state index contributed by atoms with van der Waals surface area (Å²) in [6, 6.07) is 16.3. The molecule has 1 aliphatic rings. The number of benzene rings is 2. The van der Waals surface area contributed by atoms with Gasteiger partial charge in [0, 0.05) is 5.56 Å². The van der Waals surface area contributed by atoms with Crippen LogP contribution >= 0.6 is 23.2 Å². The van der Waals surface area contributed by atoms with Gasteiger partial charge in [0.2, 0.25) is 0 Å². The topological polar surface area (TPSA) is 33.5 Å². The predicted molar refractivity (Wildman–Crippen MR) is 96.6 cm³/mol. The fourth-order valence-electron chi connectivity index (χ4n) is 2.82. The highest BCUT2D eigenvalue weighted by Gasteiger charge is 2.35. The number of anilines is 2. The maximum absolute atomic E-state index is 13.1. The van der Waals surface area contributed by atoms with Crippen molar-refractivity contribution in [2.75, 3.05) is 4.90 Å². The average Bonchev–Trinajstić information content (AvgIpc) is 3.17. The molecule has 0 radical (unpaired) electrons. The van der Waals surface area contributed by atoms with Crippen molar-refractivity contribution in [2.45, 2.75) is 0 Å². The maximum Gasteiger partial charge on any atom is 0.263 e. The lowest BCUT2D eigenvalue weighted by molar-refractivity contribution is -0.112. The number of nitrogens with zero attached hydrogens (tertiary/aromatic N) is 1. The van der Waals surface area contributed by atoms with Gasteiger partial charge < -0.3 is 4.42 Å². The van der Waals surface area contributed by atoms with Crippen LogP contribution in [-0.4, -0.2) is 5.91 Å². The predicted octanol–water partition coefficient (Wildman–Crippen LogP) is 5.81. The van der Waals surface area contributed by atoms with E-state index in [4.69, 9.17) is 27.6 Å². The number of furan rings is 1. The van der Waals surface area contributed by atoms with Gasteiger partial charge in [-0.15, -0.1) is 0 Å². The number of halogens is 2. The molecule has 0 saturated heterocycles. The van der Waals surface area contributed by atoms with Gasteiger partial charge >= 0.3 is 0 Å². The number of rotatable bonds is 2. The molecule has 0 spiro atoms. The van der Waals surface area contributed by atoms with Crippen LogP contribution in [0.1, 0.15) is 11.3 Å². The SMILES string of the molecule is O=C1/C(=C/c2ccco2)c2ccccc2N1c1c(Cl)cccc1Cl. The number of carbonyl (C=O) groups is 1. The van der Waals surface area contributed by atoms with Crippen molar-refractivity contribution in [2.24, 2.45) is 0 Å². The minimum atomic E-state index is -0.192. The molecule has 0 unspecified atom stereocenters. The van der Waals surface area contributed by atoms with Crippen molar-refractivity contribution < 1.29 is 9.21 Å². The Bertz CT molecular complexity index is 941. The molecule has 1 aliphatic heterocycles. The number of carbonyl (C=O) groups excluding carboxylic acids is 1. The fourth-order valence-corrected chi connectivity index (χ4v) is 3.39. The van der Waals surface area contributed by atoms with Gasteiger partial charge in [-0.1, -0.05) is 47.5 Å². The summed E-state index contributed by atoms with van der Waals surface area (Å²) in [5.74, 6) is 0.419. The number of fused-ring (bicyclic) bond motifs is 1. The van der Waals surface area contributed by atoms with Gasteiger partial charge in [0.1, 0.15) is 5.76 Å². The van der Waals surface area contributed by atoms with E-state index >= 15 is 0 Å². The van der Waals surface area contributed by atoms with Crippen molar-refractivity contribution in [1.29, 1.82) is 0 Å². The summed E-state index contributed by atoms with van der Waals surface area (Å²) in [6.45, 7) is 0. The van der Waals surface area contributed by atoms with E-state index in [1.165, 1.54) is 0 Å². The lowest BCUT2D eigenvalue weighted by Crippen LogP contribution is -2.21. The molecule has 5 heteroatoms. The second-order valence-corrected chi connectivity index (χ2v) is 6.12. The van der Waals surface area contributed by atoms with Crippen LogP contribution < -0.4 is 4.90 Å². The Morgan fingerprint density at radius 1 is 0.917 bits per heavy atom. The lowest BCUT2D eigenvalue weighted by atomic mass is 10.1. The van der Waals surface area contributed by atoms with Crippen molar-refractivity contribution in [3.8, 4) is 0 Å². The standard InChI is InChI=1S/C19H11Cl2NO2/c20-15-7-3-8-16(21)18(15)22-17-9-2-1-6-13(17)14(19(22)23)11-12-5-4-10-24-12/h1-11H/b14-11+. The third kappa shape index (κ3) is 2.33. The molecule has 4 rings (SSSR count). The Morgan fingerprint density at radius 3 is 2.38 bits per heavy atom. The third-order valence-electron chi connectivity index (χ3n) is 3.86. The number of para-hydroxylation sites is 2. The zero-order chi connectivity index (χ0) is 16.7. The minimum absolute atomic E-state index is 0.192. The highest BCUT2D eigenvalue weighted by molar-refractivity contribution is 6.44. The first-order valence-corrected chi connectivity index (χ1v) is 8.05. The van der Waals surface area contributed by atoms with Crippen LogP contribution in [0.25, 0.3) is 11.6 Å². The molecule has 2 aromatic carbocycles. The highest BCUT2D eigenvalue weighted by atomic mass is 35.5. The first kappa shape index (κ1) is 15.1.